The first-order valence-electron chi connectivity index (χ1n) is 6.50. The van der Waals surface area contributed by atoms with Crippen molar-refractivity contribution in [2.75, 3.05) is 0 Å². The van der Waals surface area contributed by atoms with Gasteiger partial charge < -0.3 is 4.74 Å². The Hall–Kier alpha value is -0.970. The fourth-order valence-electron chi connectivity index (χ4n) is 2.00. The van der Waals surface area contributed by atoms with Gasteiger partial charge in [0.25, 0.3) is 0 Å². The van der Waals surface area contributed by atoms with Crippen LogP contribution in [0.15, 0.2) is 18.2 Å². The van der Waals surface area contributed by atoms with E-state index in [2.05, 4.69) is 32.6 Å². The van der Waals surface area contributed by atoms with Crippen molar-refractivity contribution in [3.8, 4) is 11.8 Å². The van der Waals surface area contributed by atoms with Crippen molar-refractivity contribution in [3.63, 3.8) is 0 Å². The van der Waals surface area contributed by atoms with E-state index in [1.807, 2.05) is 18.2 Å². The molecule has 96 valence electrons. The van der Waals surface area contributed by atoms with E-state index in [-0.39, 0.29) is 11.7 Å². The summed E-state index contributed by atoms with van der Waals surface area (Å²) in [6.07, 6.45) is 3.42. The van der Waals surface area contributed by atoms with Crippen LogP contribution in [0, 0.1) is 11.8 Å². The molecule has 1 aliphatic rings. The zero-order chi connectivity index (χ0) is 13.2. The first-order chi connectivity index (χ1) is 8.54. The first-order valence-corrected chi connectivity index (χ1v) is 6.88. The van der Waals surface area contributed by atoms with Crippen LogP contribution in [0.3, 0.4) is 0 Å². The average molecular weight is 263 g/mol. The van der Waals surface area contributed by atoms with Gasteiger partial charge in [0.2, 0.25) is 0 Å². The summed E-state index contributed by atoms with van der Waals surface area (Å²) in [4.78, 5) is 0. The van der Waals surface area contributed by atoms with Gasteiger partial charge in [-0.05, 0) is 38.0 Å². The van der Waals surface area contributed by atoms with E-state index < -0.39 is 0 Å². The van der Waals surface area contributed by atoms with Gasteiger partial charge in [-0.2, -0.15) is 0 Å². The normalized spacial score (nSPS) is 20.1. The zero-order valence-electron chi connectivity index (χ0n) is 11.2. The molecule has 18 heavy (non-hydrogen) atoms. The summed E-state index contributed by atoms with van der Waals surface area (Å²) in [5.41, 5.74) is 2.11. The van der Waals surface area contributed by atoms with Gasteiger partial charge in [-0.3, -0.25) is 0 Å². The zero-order valence-corrected chi connectivity index (χ0v) is 12.0. The molecule has 0 bridgehead atoms. The van der Waals surface area contributed by atoms with Gasteiger partial charge in [0, 0.05) is 17.0 Å². The molecule has 1 saturated heterocycles. The molecule has 2 rings (SSSR count). The molecule has 1 atom stereocenters. The van der Waals surface area contributed by atoms with Gasteiger partial charge >= 0.3 is 0 Å². The molecule has 0 N–H and O–H groups in total. The van der Waals surface area contributed by atoms with Gasteiger partial charge in [0.1, 0.15) is 6.10 Å². The molecule has 0 spiro atoms. The van der Waals surface area contributed by atoms with Crippen molar-refractivity contribution >= 4 is 11.6 Å². The maximum atomic E-state index is 6.04. The van der Waals surface area contributed by atoms with Crippen LogP contribution in [0.25, 0.3) is 0 Å². The lowest BCUT2D eigenvalue weighted by molar-refractivity contribution is 0.325. The third-order valence-electron chi connectivity index (χ3n) is 3.17. The molecule has 1 aromatic carbocycles. The molecular formula is C16H19ClO. The largest absolute Gasteiger partial charge is 0.362 e. The number of rotatable bonds is 3. The van der Waals surface area contributed by atoms with E-state index in [9.17, 15) is 0 Å². The molecule has 1 fully saturated rings. The summed E-state index contributed by atoms with van der Waals surface area (Å²) in [6, 6.07) is 5.88. The molecule has 1 heterocycles. The highest BCUT2D eigenvalue weighted by atomic mass is 35.5. The van der Waals surface area contributed by atoms with Crippen LogP contribution in [0.4, 0.5) is 0 Å². The number of hydrogen-bond donors (Lipinski definition) is 0. The molecular weight excluding hydrogens is 244 g/mol. The van der Waals surface area contributed by atoms with E-state index in [1.54, 1.807) is 0 Å². The number of unbranched alkanes of at least 4 members (excludes halogenated alkanes) is 2. The highest BCUT2D eigenvalue weighted by Gasteiger charge is 2.49. The van der Waals surface area contributed by atoms with Crippen molar-refractivity contribution in [2.45, 2.75) is 51.7 Å². The number of halogens is 1. The van der Waals surface area contributed by atoms with Crippen LogP contribution in [-0.4, -0.2) is 5.60 Å². The topological polar surface area (TPSA) is 12.5 Å². The van der Waals surface area contributed by atoms with Gasteiger partial charge in [0.05, 0.1) is 5.60 Å². The quantitative estimate of drug-likeness (QED) is 0.436. The van der Waals surface area contributed by atoms with Gasteiger partial charge in [-0.15, -0.1) is 0 Å². The van der Waals surface area contributed by atoms with Gasteiger partial charge in [0.15, 0.2) is 0 Å². The second-order valence-electron chi connectivity index (χ2n) is 5.24. The van der Waals surface area contributed by atoms with E-state index >= 15 is 0 Å². The summed E-state index contributed by atoms with van der Waals surface area (Å²) < 4.78 is 5.69. The highest BCUT2D eigenvalue weighted by Crippen LogP contribution is 2.49. The fourth-order valence-corrected chi connectivity index (χ4v) is 2.17. The fraction of sp³-hybridized carbons (Fsp3) is 0.500. The third kappa shape index (κ3) is 3.07. The average Bonchev–Trinajstić information content (AvgIpc) is 2.94. The Bertz CT molecular complexity index is 494. The van der Waals surface area contributed by atoms with Gasteiger partial charge in [-0.1, -0.05) is 42.9 Å². The Morgan fingerprint density at radius 3 is 2.72 bits per heavy atom. The van der Waals surface area contributed by atoms with E-state index in [1.165, 1.54) is 6.42 Å². The second-order valence-corrected chi connectivity index (χ2v) is 5.67. The lowest BCUT2D eigenvalue weighted by atomic mass is 9.98. The molecule has 0 aliphatic carbocycles. The molecule has 0 aromatic heterocycles. The summed E-state index contributed by atoms with van der Waals surface area (Å²) in [5.74, 6) is 6.45. The second kappa shape index (κ2) is 5.34. The van der Waals surface area contributed by atoms with E-state index in [0.29, 0.717) is 0 Å². The monoisotopic (exact) mass is 262 g/mol. The Morgan fingerprint density at radius 1 is 1.39 bits per heavy atom. The molecule has 1 aromatic rings. The Balaban J connectivity index is 2.21. The van der Waals surface area contributed by atoms with Crippen LogP contribution in [0.1, 0.15) is 57.3 Å². The lowest BCUT2D eigenvalue weighted by Crippen LogP contribution is -1.99. The Morgan fingerprint density at radius 2 is 2.11 bits per heavy atom. The Labute approximate surface area is 114 Å². The van der Waals surface area contributed by atoms with Crippen LogP contribution in [0.5, 0.6) is 0 Å². The van der Waals surface area contributed by atoms with E-state index in [0.717, 1.165) is 29.0 Å². The van der Waals surface area contributed by atoms with Crippen LogP contribution < -0.4 is 0 Å². The van der Waals surface area contributed by atoms with Crippen molar-refractivity contribution in [2.24, 2.45) is 0 Å². The summed E-state index contributed by atoms with van der Waals surface area (Å²) in [7, 11) is 0. The van der Waals surface area contributed by atoms with Gasteiger partial charge in [-0.25, -0.2) is 0 Å². The predicted molar refractivity (Wildman–Crippen MR) is 75.8 cm³/mol. The SMILES string of the molecule is CCCCC#Cc1cc(Cl)ccc1C1OC1(C)C. The number of epoxide rings is 1. The molecule has 1 aliphatic heterocycles. The Kier molecular flexibility index (Phi) is 4.00. The number of benzene rings is 1. The molecule has 0 amide bonds. The van der Waals surface area contributed by atoms with Crippen molar-refractivity contribution in [3.05, 3.63) is 34.3 Å². The van der Waals surface area contributed by atoms with Crippen LogP contribution >= 0.6 is 11.6 Å². The lowest BCUT2D eigenvalue weighted by Gasteiger charge is -2.03. The molecule has 2 heteroatoms. The standard InChI is InChI=1S/C16H19ClO/c1-4-5-6-7-8-12-11-13(17)9-10-14(12)15-16(2,3)18-15/h9-11,15H,4-6H2,1-3H3. The minimum absolute atomic E-state index is 0.0618. The first kappa shape index (κ1) is 13.5. The smallest absolute Gasteiger partial charge is 0.113 e. The van der Waals surface area contributed by atoms with Crippen LogP contribution in [0.2, 0.25) is 5.02 Å². The summed E-state index contributed by atoms with van der Waals surface area (Å²) in [6.45, 7) is 6.37. The van der Waals surface area contributed by atoms with Crippen molar-refractivity contribution in [1.29, 1.82) is 0 Å². The minimum Gasteiger partial charge on any atom is -0.362 e. The highest BCUT2D eigenvalue weighted by molar-refractivity contribution is 6.30. The maximum Gasteiger partial charge on any atom is 0.113 e. The molecule has 1 unspecified atom stereocenters. The molecule has 0 radical (unpaired) electrons. The third-order valence-corrected chi connectivity index (χ3v) is 3.41. The van der Waals surface area contributed by atoms with E-state index in [4.69, 9.17) is 16.3 Å². The van der Waals surface area contributed by atoms with Crippen molar-refractivity contribution in [1.82, 2.24) is 0 Å². The summed E-state index contributed by atoms with van der Waals surface area (Å²) in [5, 5.41) is 0.733. The number of ether oxygens (including phenoxy) is 1. The predicted octanol–water partition coefficient (Wildman–Crippen LogP) is 4.73. The molecule has 0 saturated carbocycles. The summed E-state index contributed by atoms with van der Waals surface area (Å²) >= 11 is 6.04. The number of hydrogen-bond acceptors (Lipinski definition) is 1. The minimum atomic E-state index is -0.0618. The maximum absolute atomic E-state index is 6.04. The van der Waals surface area contributed by atoms with Crippen molar-refractivity contribution < 1.29 is 4.74 Å². The molecule has 1 nitrogen and oxygen atoms in total. The van der Waals surface area contributed by atoms with Crippen LogP contribution in [-0.2, 0) is 4.74 Å².